The first-order valence-corrected chi connectivity index (χ1v) is 12.7. The Morgan fingerprint density at radius 1 is 0.759 bits per heavy atom. The lowest BCUT2D eigenvalue weighted by Gasteiger charge is -2.07. The van der Waals surface area contributed by atoms with Gasteiger partial charge in [0.2, 0.25) is 0 Å². The molecular formula is C27H46O2. The summed E-state index contributed by atoms with van der Waals surface area (Å²) in [6.45, 7) is 3.85. The van der Waals surface area contributed by atoms with Crippen LogP contribution in [0.15, 0.2) is 24.3 Å². The van der Waals surface area contributed by atoms with Crippen molar-refractivity contribution in [2.75, 3.05) is 13.2 Å². The first kappa shape index (κ1) is 24.3. The molecule has 0 bridgehead atoms. The highest BCUT2D eigenvalue weighted by Gasteiger charge is 2.22. The second-order valence-electron chi connectivity index (χ2n) is 8.97. The van der Waals surface area contributed by atoms with Gasteiger partial charge in [-0.2, -0.15) is 0 Å². The summed E-state index contributed by atoms with van der Waals surface area (Å²) in [6.07, 6.45) is 24.3. The standard InChI is InChI=1S/C27H46O2/c1-2-3-4-5-6-7-8-9-10-11-12-13-14-15-16-17-19-25-20-18-21-26(22-25)28-23-27-24-29-27/h18,20-22,27H,2-17,19,23-24H2,1H3. The van der Waals surface area contributed by atoms with Crippen LogP contribution in [0.3, 0.4) is 0 Å². The number of ether oxygens (including phenoxy) is 2. The molecule has 1 aliphatic heterocycles. The molecule has 1 aliphatic rings. The fourth-order valence-corrected chi connectivity index (χ4v) is 4.02. The molecule has 2 nitrogen and oxygen atoms in total. The van der Waals surface area contributed by atoms with Gasteiger partial charge in [-0.15, -0.1) is 0 Å². The minimum atomic E-state index is 0.332. The summed E-state index contributed by atoms with van der Waals surface area (Å²) in [7, 11) is 0. The van der Waals surface area contributed by atoms with Gasteiger partial charge in [0.1, 0.15) is 18.5 Å². The first-order chi connectivity index (χ1) is 14.4. The SMILES string of the molecule is CCCCCCCCCCCCCCCCCCc1cccc(OCC2CO2)c1. The number of rotatable bonds is 20. The van der Waals surface area contributed by atoms with Crippen molar-refractivity contribution in [2.45, 2.75) is 122 Å². The highest BCUT2D eigenvalue weighted by Crippen LogP contribution is 2.19. The fraction of sp³-hybridized carbons (Fsp3) is 0.778. The molecule has 0 aromatic heterocycles. The molecule has 0 N–H and O–H groups in total. The van der Waals surface area contributed by atoms with Crippen LogP contribution in [-0.2, 0) is 11.2 Å². The van der Waals surface area contributed by atoms with Gasteiger partial charge in [-0.3, -0.25) is 0 Å². The molecule has 0 spiro atoms. The predicted molar refractivity (Wildman–Crippen MR) is 125 cm³/mol. The Morgan fingerprint density at radius 2 is 1.28 bits per heavy atom. The van der Waals surface area contributed by atoms with Crippen LogP contribution in [0.25, 0.3) is 0 Å². The topological polar surface area (TPSA) is 21.8 Å². The summed E-state index contributed by atoms with van der Waals surface area (Å²) in [5.74, 6) is 0.995. The van der Waals surface area contributed by atoms with E-state index < -0.39 is 0 Å². The number of epoxide rings is 1. The summed E-state index contributed by atoms with van der Waals surface area (Å²) >= 11 is 0. The highest BCUT2D eigenvalue weighted by atomic mass is 16.6. The zero-order chi connectivity index (χ0) is 20.4. The monoisotopic (exact) mass is 402 g/mol. The van der Waals surface area contributed by atoms with Crippen molar-refractivity contribution in [3.8, 4) is 5.75 Å². The lowest BCUT2D eigenvalue weighted by molar-refractivity contribution is 0.263. The Balaban J connectivity index is 1.32. The molecule has 1 saturated heterocycles. The van der Waals surface area contributed by atoms with Crippen molar-refractivity contribution in [2.24, 2.45) is 0 Å². The van der Waals surface area contributed by atoms with Crippen LogP contribution in [0.5, 0.6) is 5.75 Å². The molecule has 166 valence electrons. The average molecular weight is 403 g/mol. The number of hydrogen-bond acceptors (Lipinski definition) is 2. The summed E-state index contributed by atoms with van der Waals surface area (Å²) in [4.78, 5) is 0. The summed E-state index contributed by atoms with van der Waals surface area (Å²) in [6, 6.07) is 8.60. The number of hydrogen-bond donors (Lipinski definition) is 0. The third kappa shape index (κ3) is 13.8. The molecule has 1 fully saturated rings. The zero-order valence-corrected chi connectivity index (χ0v) is 19.1. The molecule has 1 aromatic carbocycles. The maximum atomic E-state index is 5.78. The normalized spacial score (nSPS) is 15.6. The van der Waals surface area contributed by atoms with E-state index in [1.54, 1.807) is 0 Å². The van der Waals surface area contributed by atoms with Crippen LogP contribution in [0, 0.1) is 0 Å². The maximum absolute atomic E-state index is 5.78. The molecule has 29 heavy (non-hydrogen) atoms. The van der Waals surface area contributed by atoms with E-state index in [0.717, 1.165) is 12.4 Å². The predicted octanol–water partition coefficient (Wildman–Crippen LogP) is 8.27. The lowest BCUT2D eigenvalue weighted by atomic mass is 10.0. The Hall–Kier alpha value is -1.02. The second-order valence-corrected chi connectivity index (χ2v) is 8.97. The van der Waals surface area contributed by atoms with Gasteiger partial charge in [0.15, 0.2) is 0 Å². The van der Waals surface area contributed by atoms with Crippen molar-refractivity contribution in [3.05, 3.63) is 29.8 Å². The van der Waals surface area contributed by atoms with E-state index in [-0.39, 0.29) is 0 Å². The Bertz CT molecular complexity index is 495. The molecule has 0 radical (unpaired) electrons. The number of aryl methyl sites for hydroxylation is 1. The van der Waals surface area contributed by atoms with Crippen LogP contribution in [0.2, 0.25) is 0 Å². The van der Waals surface area contributed by atoms with Crippen LogP contribution in [0.1, 0.15) is 115 Å². The quantitative estimate of drug-likeness (QED) is 0.162. The first-order valence-electron chi connectivity index (χ1n) is 12.7. The van der Waals surface area contributed by atoms with Gasteiger partial charge in [-0.25, -0.2) is 0 Å². The van der Waals surface area contributed by atoms with Crippen molar-refractivity contribution in [1.82, 2.24) is 0 Å². The van der Waals surface area contributed by atoms with Gasteiger partial charge in [0.05, 0.1) is 6.61 Å². The molecule has 1 atom stereocenters. The zero-order valence-electron chi connectivity index (χ0n) is 19.1. The van der Waals surface area contributed by atoms with E-state index in [2.05, 4.69) is 31.2 Å². The minimum absolute atomic E-state index is 0.332. The molecular weight excluding hydrogens is 356 g/mol. The average Bonchev–Trinajstić information content (AvgIpc) is 3.57. The second kappa shape index (κ2) is 16.7. The van der Waals surface area contributed by atoms with Gasteiger partial charge in [0.25, 0.3) is 0 Å². The lowest BCUT2D eigenvalue weighted by Crippen LogP contribution is -2.04. The largest absolute Gasteiger partial charge is 0.491 e. The molecule has 1 aromatic rings. The maximum Gasteiger partial charge on any atom is 0.119 e. The molecule has 2 rings (SSSR count). The van der Waals surface area contributed by atoms with Crippen LogP contribution >= 0.6 is 0 Å². The van der Waals surface area contributed by atoms with E-state index in [1.807, 2.05) is 0 Å². The Kier molecular flexibility index (Phi) is 14.0. The molecule has 0 aliphatic carbocycles. The third-order valence-corrected chi connectivity index (χ3v) is 6.06. The van der Waals surface area contributed by atoms with Crippen molar-refractivity contribution < 1.29 is 9.47 Å². The van der Waals surface area contributed by atoms with Crippen LogP contribution in [0.4, 0.5) is 0 Å². The van der Waals surface area contributed by atoms with E-state index in [1.165, 1.54) is 115 Å². The molecule has 1 heterocycles. The van der Waals surface area contributed by atoms with Gasteiger partial charge in [-0.1, -0.05) is 115 Å². The molecule has 0 saturated carbocycles. The van der Waals surface area contributed by atoms with Crippen LogP contribution < -0.4 is 4.74 Å². The van der Waals surface area contributed by atoms with E-state index in [0.29, 0.717) is 12.7 Å². The Morgan fingerprint density at radius 3 is 1.79 bits per heavy atom. The van der Waals surface area contributed by atoms with Gasteiger partial charge < -0.3 is 9.47 Å². The molecule has 2 heteroatoms. The van der Waals surface area contributed by atoms with Crippen molar-refractivity contribution >= 4 is 0 Å². The van der Waals surface area contributed by atoms with Crippen molar-refractivity contribution in [1.29, 1.82) is 0 Å². The van der Waals surface area contributed by atoms with Crippen molar-refractivity contribution in [3.63, 3.8) is 0 Å². The fourth-order valence-electron chi connectivity index (χ4n) is 4.02. The van der Waals surface area contributed by atoms with E-state index in [9.17, 15) is 0 Å². The van der Waals surface area contributed by atoms with Crippen LogP contribution in [-0.4, -0.2) is 19.3 Å². The highest BCUT2D eigenvalue weighted by molar-refractivity contribution is 5.28. The smallest absolute Gasteiger partial charge is 0.119 e. The number of unbranched alkanes of at least 4 members (excludes halogenated alkanes) is 15. The minimum Gasteiger partial charge on any atom is -0.491 e. The summed E-state index contributed by atoms with van der Waals surface area (Å²) in [5.41, 5.74) is 1.41. The van der Waals surface area contributed by atoms with Gasteiger partial charge in [0, 0.05) is 0 Å². The third-order valence-electron chi connectivity index (χ3n) is 6.06. The Labute approximate surface area is 180 Å². The molecule has 0 amide bonds. The number of benzene rings is 1. The van der Waals surface area contributed by atoms with Gasteiger partial charge >= 0.3 is 0 Å². The molecule has 1 unspecified atom stereocenters. The summed E-state index contributed by atoms with van der Waals surface area (Å²) in [5, 5.41) is 0. The van der Waals surface area contributed by atoms with E-state index in [4.69, 9.17) is 9.47 Å². The van der Waals surface area contributed by atoms with Gasteiger partial charge in [-0.05, 0) is 30.5 Å². The summed E-state index contributed by atoms with van der Waals surface area (Å²) < 4.78 is 11.0. The van der Waals surface area contributed by atoms with E-state index >= 15 is 0 Å².